The summed E-state index contributed by atoms with van der Waals surface area (Å²) in [4.78, 5) is 14.3. The highest BCUT2D eigenvalue weighted by Crippen LogP contribution is 2.23. The topological polar surface area (TPSA) is 52.6 Å². The minimum Gasteiger partial charge on any atom is -0.396 e. The Morgan fingerprint density at radius 1 is 1.40 bits per heavy atom. The molecule has 2 amide bonds. The van der Waals surface area contributed by atoms with E-state index in [4.69, 9.17) is 5.11 Å². The predicted molar refractivity (Wildman–Crippen MR) is 81.0 cm³/mol. The lowest BCUT2D eigenvalue weighted by Crippen LogP contribution is -2.46. The number of rotatable bonds is 3. The number of urea groups is 1. The fourth-order valence-electron chi connectivity index (χ4n) is 2.79. The second kappa shape index (κ2) is 6.75. The molecule has 4 nitrogen and oxygen atoms in total. The minimum atomic E-state index is -0.0446. The first-order valence-corrected chi connectivity index (χ1v) is 7.38. The summed E-state index contributed by atoms with van der Waals surface area (Å²) in [6, 6.07) is 6.06. The first kappa shape index (κ1) is 14.9. The lowest BCUT2D eigenvalue weighted by molar-refractivity contribution is 0.141. The number of hydrogen-bond acceptors (Lipinski definition) is 2. The van der Waals surface area contributed by atoms with Crippen LogP contribution in [0.4, 0.5) is 10.5 Å². The largest absolute Gasteiger partial charge is 0.396 e. The van der Waals surface area contributed by atoms with E-state index in [-0.39, 0.29) is 18.7 Å². The number of carbonyl (C=O) groups is 1. The Bertz CT molecular complexity index is 472. The van der Waals surface area contributed by atoms with Crippen molar-refractivity contribution in [3.8, 4) is 0 Å². The lowest BCUT2D eigenvalue weighted by Gasteiger charge is -2.35. The molecule has 1 aromatic rings. The van der Waals surface area contributed by atoms with Crippen LogP contribution in [-0.4, -0.2) is 35.2 Å². The molecule has 1 aliphatic rings. The number of hydrogen-bond donors (Lipinski definition) is 2. The number of amides is 2. The van der Waals surface area contributed by atoms with E-state index < -0.39 is 0 Å². The third-order valence-corrected chi connectivity index (χ3v) is 4.20. The maximum atomic E-state index is 12.4. The van der Waals surface area contributed by atoms with Crippen LogP contribution >= 0.6 is 0 Å². The summed E-state index contributed by atoms with van der Waals surface area (Å²) in [6.07, 6.45) is 3.83. The number of nitrogens with one attached hydrogen (secondary N) is 1. The fraction of sp³-hybridized carbons (Fsp3) is 0.562. The fourth-order valence-corrected chi connectivity index (χ4v) is 2.79. The predicted octanol–water partition coefficient (Wildman–Crippen LogP) is 3.07. The quantitative estimate of drug-likeness (QED) is 0.891. The Labute approximate surface area is 120 Å². The summed E-state index contributed by atoms with van der Waals surface area (Å²) in [5.41, 5.74) is 3.16. The highest BCUT2D eigenvalue weighted by molar-refractivity contribution is 5.90. The smallest absolute Gasteiger partial charge is 0.322 e. The molecule has 0 bridgehead atoms. The molecule has 0 saturated carbocycles. The molecule has 0 aromatic heterocycles. The van der Waals surface area contributed by atoms with Crippen LogP contribution in [0.15, 0.2) is 18.2 Å². The van der Waals surface area contributed by atoms with E-state index >= 15 is 0 Å². The van der Waals surface area contributed by atoms with Crippen molar-refractivity contribution in [3.05, 3.63) is 29.3 Å². The Balaban J connectivity index is 2.08. The number of piperidine rings is 1. The molecule has 1 aliphatic heterocycles. The monoisotopic (exact) mass is 276 g/mol. The number of likely N-dealkylation sites (tertiary alicyclic amines) is 1. The molecule has 2 N–H and O–H groups in total. The molecule has 1 saturated heterocycles. The maximum Gasteiger partial charge on any atom is 0.322 e. The van der Waals surface area contributed by atoms with Gasteiger partial charge in [-0.25, -0.2) is 4.79 Å². The average Bonchev–Trinajstić information content (AvgIpc) is 2.45. The molecule has 1 aromatic carbocycles. The van der Waals surface area contributed by atoms with Crippen molar-refractivity contribution in [1.82, 2.24) is 4.90 Å². The molecule has 1 fully saturated rings. The first-order valence-electron chi connectivity index (χ1n) is 7.38. The summed E-state index contributed by atoms with van der Waals surface area (Å²) >= 11 is 0. The maximum absolute atomic E-state index is 12.4. The molecule has 0 spiro atoms. The lowest BCUT2D eigenvalue weighted by atomic mass is 10.00. The molecule has 4 heteroatoms. The Hall–Kier alpha value is -1.55. The summed E-state index contributed by atoms with van der Waals surface area (Å²) in [6.45, 7) is 4.98. The van der Waals surface area contributed by atoms with Crippen LogP contribution in [0.3, 0.4) is 0 Å². The summed E-state index contributed by atoms with van der Waals surface area (Å²) in [5.74, 6) is 0. The van der Waals surface area contributed by atoms with Gasteiger partial charge in [-0.05, 0) is 56.7 Å². The molecule has 1 unspecified atom stereocenters. The van der Waals surface area contributed by atoms with Crippen molar-refractivity contribution in [2.45, 2.75) is 45.6 Å². The normalized spacial score (nSPS) is 18.9. The molecule has 20 heavy (non-hydrogen) atoms. The number of anilines is 1. The van der Waals surface area contributed by atoms with Gasteiger partial charge in [-0.2, -0.15) is 0 Å². The molecule has 0 aliphatic carbocycles. The highest BCUT2D eigenvalue weighted by atomic mass is 16.3. The molecular formula is C16H24N2O2. The Morgan fingerprint density at radius 2 is 2.20 bits per heavy atom. The average molecular weight is 276 g/mol. The van der Waals surface area contributed by atoms with Crippen LogP contribution in [0.2, 0.25) is 0 Å². The van der Waals surface area contributed by atoms with Crippen LogP contribution in [0, 0.1) is 13.8 Å². The third kappa shape index (κ3) is 3.31. The zero-order valence-electron chi connectivity index (χ0n) is 12.4. The molecule has 1 atom stereocenters. The zero-order chi connectivity index (χ0) is 14.5. The molecule has 110 valence electrons. The van der Waals surface area contributed by atoms with E-state index in [0.29, 0.717) is 6.42 Å². The van der Waals surface area contributed by atoms with Crippen molar-refractivity contribution in [3.63, 3.8) is 0 Å². The van der Waals surface area contributed by atoms with Crippen molar-refractivity contribution in [2.24, 2.45) is 0 Å². The van der Waals surface area contributed by atoms with Gasteiger partial charge in [0.05, 0.1) is 0 Å². The van der Waals surface area contributed by atoms with Gasteiger partial charge < -0.3 is 15.3 Å². The van der Waals surface area contributed by atoms with Crippen molar-refractivity contribution in [1.29, 1.82) is 0 Å². The van der Waals surface area contributed by atoms with Gasteiger partial charge in [-0.1, -0.05) is 12.1 Å². The Kier molecular flexibility index (Phi) is 5.01. The van der Waals surface area contributed by atoms with E-state index in [9.17, 15) is 4.79 Å². The van der Waals surface area contributed by atoms with E-state index in [1.807, 2.05) is 36.9 Å². The number of aliphatic hydroxyl groups is 1. The summed E-state index contributed by atoms with van der Waals surface area (Å²) in [7, 11) is 0. The minimum absolute atomic E-state index is 0.0446. The van der Waals surface area contributed by atoms with Crippen LogP contribution in [0.5, 0.6) is 0 Å². The van der Waals surface area contributed by atoms with E-state index in [1.165, 1.54) is 5.56 Å². The number of aryl methyl sites for hydroxylation is 1. The number of carbonyl (C=O) groups excluding carboxylic acids is 1. The van der Waals surface area contributed by atoms with Crippen LogP contribution < -0.4 is 5.32 Å². The number of aliphatic hydroxyl groups excluding tert-OH is 1. The van der Waals surface area contributed by atoms with Gasteiger partial charge in [0.1, 0.15) is 0 Å². The van der Waals surface area contributed by atoms with Gasteiger partial charge in [0, 0.05) is 24.9 Å². The SMILES string of the molecule is Cc1cccc(NC(=O)N2CCCCC2CCO)c1C. The van der Waals surface area contributed by atoms with Crippen molar-refractivity contribution < 1.29 is 9.90 Å². The highest BCUT2D eigenvalue weighted by Gasteiger charge is 2.26. The zero-order valence-corrected chi connectivity index (χ0v) is 12.4. The molecular weight excluding hydrogens is 252 g/mol. The van der Waals surface area contributed by atoms with Crippen LogP contribution in [-0.2, 0) is 0 Å². The van der Waals surface area contributed by atoms with Crippen molar-refractivity contribution >= 4 is 11.7 Å². The number of nitrogens with zero attached hydrogens (tertiary/aromatic N) is 1. The molecule has 2 rings (SSSR count). The van der Waals surface area contributed by atoms with E-state index in [1.54, 1.807) is 0 Å². The van der Waals surface area contributed by atoms with Crippen molar-refractivity contribution in [2.75, 3.05) is 18.5 Å². The van der Waals surface area contributed by atoms with E-state index in [0.717, 1.165) is 37.1 Å². The third-order valence-electron chi connectivity index (χ3n) is 4.20. The van der Waals surface area contributed by atoms with E-state index in [2.05, 4.69) is 5.32 Å². The van der Waals surface area contributed by atoms with Gasteiger partial charge >= 0.3 is 6.03 Å². The van der Waals surface area contributed by atoms with Crippen LogP contribution in [0.1, 0.15) is 36.8 Å². The second-order valence-electron chi connectivity index (χ2n) is 5.53. The first-order chi connectivity index (χ1) is 9.63. The van der Waals surface area contributed by atoms with Crippen LogP contribution in [0.25, 0.3) is 0 Å². The number of benzene rings is 1. The van der Waals surface area contributed by atoms with Gasteiger partial charge in [0.25, 0.3) is 0 Å². The van der Waals surface area contributed by atoms with Gasteiger partial charge in [0.15, 0.2) is 0 Å². The second-order valence-corrected chi connectivity index (χ2v) is 5.53. The van der Waals surface area contributed by atoms with Gasteiger partial charge in [-0.15, -0.1) is 0 Å². The van der Waals surface area contributed by atoms with Gasteiger partial charge in [-0.3, -0.25) is 0 Å². The molecule has 1 heterocycles. The summed E-state index contributed by atoms with van der Waals surface area (Å²) < 4.78 is 0. The summed E-state index contributed by atoms with van der Waals surface area (Å²) in [5, 5.41) is 12.1. The molecule has 0 radical (unpaired) electrons. The standard InChI is InChI=1S/C16H24N2O2/c1-12-6-5-8-15(13(12)2)17-16(20)18-10-4-3-7-14(18)9-11-19/h5-6,8,14,19H,3-4,7,9-11H2,1-2H3,(H,17,20). The van der Waals surface area contributed by atoms with Gasteiger partial charge in [0.2, 0.25) is 0 Å². The Morgan fingerprint density at radius 3 is 2.95 bits per heavy atom.